The number of rotatable bonds is 3. The molecular formula is C22H15BrN2O3. The summed E-state index contributed by atoms with van der Waals surface area (Å²) in [5.74, 6) is -1.62. The van der Waals surface area contributed by atoms with E-state index in [9.17, 15) is 14.7 Å². The molecule has 3 aromatic rings. The molecule has 0 bridgehead atoms. The number of hydrogen-bond acceptors (Lipinski definition) is 4. The lowest BCUT2D eigenvalue weighted by atomic mass is 9.96. The third-order valence-corrected chi connectivity index (χ3v) is 5.13. The van der Waals surface area contributed by atoms with Crippen LogP contribution < -0.4 is 4.90 Å². The molecule has 1 fully saturated rings. The molecule has 1 atom stereocenters. The number of carbonyl (C=O) groups excluding carboxylic acids is 2. The number of nitrogens with zero attached hydrogens (tertiary/aromatic N) is 2. The molecule has 4 rings (SSSR count). The molecule has 2 heterocycles. The Morgan fingerprint density at radius 3 is 2.32 bits per heavy atom. The highest BCUT2D eigenvalue weighted by atomic mass is 79.9. The van der Waals surface area contributed by atoms with E-state index >= 15 is 0 Å². The van der Waals surface area contributed by atoms with Gasteiger partial charge in [0.25, 0.3) is 11.7 Å². The number of para-hydroxylation sites is 1. The summed E-state index contributed by atoms with van der Waals surface area (Å²) in [4.78, 5) is 31.3. The van der Waals surface area contributed by atoms with Crippen molar-refractivity contribution in [3.8, 4) is 0 Å². The minimum atomic E-state index is -0.764. The van der Waals surface area contributed by atoms with Gasteiger partial charge in [-0.05, 0) is 35.9 Å². The van der Waals surface area contributed by atoms with Crippen LogP contribution in [0.3, 0.4) is 0 Å². The van der Waals surface area contributed by atoms with Gasteiger partial charge in [-0.1, -0.05) is 52.3 Å². The number of Topliss-reactive ketones (excluding diaryl/α,β-unsaturated/α-hetero) is 1. The predicted molar refractivity (Wildman–Crippen MR) is 110 cm³/mol. The van der Waals surface area contributed by atoms with Crippen molar-refractivity contribution in [3.05, 3.63) is 100 Å². The highest BCUT2D eigenvalue weighted by Crippen LogP contribution is 2.41. The Labute approximate surface area is 170 Å². The van der Waals surface area contributed by atoms with E-state index in [0.29, 0.717) is 16.8 Å². The largest absolute Gasteiger partial charge is 0.507 e. The second-order valence-electron chi connectivity index (χ2n) is 6.30. The number of halogens is 1. The molecule has 0 spiro atoms. The summed E-state index contributed by atoms with van der Waals surface area (Å²) >= 11 is 3.35. The molecule has 0 saturated carbocycles. The average Bonchev–Trinajstić information content (AvgIpc) is 3.00. The molecule has 1 aromatic heterocycles. The second kappa shape index (κ2) is 7.40. The van der Waals surface area contributed by atoms with Crippen LogP contribution in [0, 0.1) is 0 Å². The van der Waals surface area contributed by atoms with Crippen LogP contribution in [0.1, 0.15) is 17.2 Å². The van der Waals surface area contributed by atoms with Crippen LogP contribution >= 0.6 is 15.9 Å². The SMILES string of the molecule is O=C1C(=O)N(c2ccccc2)C(c2cccnc2)/C1=C(/O)c1ccc(Br)cc1. The van der Waals surface area contributed by atoms with Crippen LogP contribution in [-0.4, -0.2) is 21.8 Å². The summed E-state index contributed by atoms with van der Waals surface area (Å²) < 4.78 is 0.845. The smallest absolute Gasteiger partial charge is 0.300 e. The first-order valence-corrected chi connectivity index (χ1v) is 9.39. The molecule has 1 aliphatic rings. The predicted octanol–water partition coefficient (Wildman–Crippen LogP) is 4.47. The zero-order valence-electron chi connectivity index (χ0n) is 14.6. The number of amides is 1. The first kappa shape index (κ1) is 18.1. The summed E-state index contributed by atoms with van der Waals surface area (Å²) in [6.07, 6.45) is 3.22. The monoisotopic (exact) mass is 434 g/mol. The van der Waals surface area contributed by atoms with E-state index in [4.69, 9.17) is 0 Å². The maximum absolute atomic E-state index is 12.9. The van der Waals surface area contributed by atoms with Gasteiger partial charge in [-0.2, -0.15) is 0 Å². The van der Waals surface area contributed by atoms with Crippen LogP contribution in [0.2, 0.25) is 0 Å². The van der Waals surface area contributed by atoms with E-state index in [2.05, 4.69) is 20.9 Å². The zero-order chi connectivity index (χ0) is 19.7. The summed E-state index contributed by atoms with van der Waals surface area (Å²) in [6, 6.07) is 18.6. The average molecular weight is 435 g/mol. The van der Waals surface area contributed by atoms with Crippen molar-refractivity contribution in [2.24, 2.45) is 0 Å². The third kappa shape index (κ3) is 3.12. The lowest BCUT2D eigenvalue weighted by molar-refractivity contribution is -0.132. The zero-order valence-corrected chi connectivity index (χ0v) is 16.2. The topological polar surface area (TPSA) is 70.5 Å². The van der Waals surface area contributed by atoms with E-state index < -0.39 is 17.7 Å². The van der Waals surface area contributed by atoms with Crippen LogP contribution in [0.5, 0.6) is 0 Å². The molecule has 1 saturated heterocycles. The maximum Gasteiger partial charge on any atom is 0.300 e. The molecule has 28 heavy (non-hydrogen) atoms. The van der Waals surface area contributed by atoms with Gasteiger partial charge in [0.05, 0.1) is 11.6 Å². The molecule has 1 unspecified atom stereocenters. The number of aromatic nitrogens is 1. The Morgan fingerprint density at radius 2 is 1.68 bits per heavy atom. The van der Waals surface area contributed by atoms with Crippen molar-refractivity contribution in [1.29, 1.82) is 0 Å². The van der Waals surface area contributed by atoms with Crippen LogP contribution in [-0.2, 0) is 9.59 Å². The Balaban J connectivity index is 1.94. The summed E-state index contributed by atoms with van der Waals surface area (Å²) in [5, 5.41) is 10.9. The van der Waals surface area contributed by atoms with Crippen LogP contribution in [0.4, 0.5) is 5.69 Å². The van der Waals surface area contributed by atoms with Crippen molar-refractivity contribution in [3.63, 3.8) is 0 Å². The van der Waals surface area contributed by atoms with Gasteiger partial charge in [-0.15, -0.1) is 0 Å². The van der Waals surface area contributed by atoms with Crippen molar-refractivity contribution in [1.82, 2.24) is 4.98 Å². The molecule has 5 nitrogen and oxygen atoms in total. The lowest BCUT2D eigenvalue weighted by Gasteiger charge is -2.25. The minimum absolute atomic E-state index is 0.0455. The van der Waals surface area contributed by atoms with Crippen molar-refractivity contribution < 1.29 is 14.7 Å². The fourth-order valence-corrected chi connectivity index (χ4v) is 3.57. The Kier molecular flexibility index (Phi) is 4.79. The molecule has 2 aromatic carbocycles. The van der Waals surface area contributed by atoms with Crippen LogP contribution in [0.25, 0.3) is 5.76 Å². The molecule has 1 aliphatic heterocycles. The van der Waals surface area contributed by atoms with Gasteiger partial charge in [0.2, 0.25) is 0 Å². The molecule has 1 amide bonds. The highest BCUT2D eigenvalue weighted by Gasteiger charge is 2.46. The van der Waals surface area contributed by atoms with Crippen LogP contribution in [0.15, 0.2) is 89.2 Å². The fraction of sp³-hybridized carbons (Fsp3) is 0.0455. The maximum atomic E-state index is 12.9. The molecular weight excluding hydrogens is 420 g/mol. The number of ketones is 1. The van der Waals surface area contributed by atoms with Gasteiger partial charge in [0, 0.05) is 28.1 Å². The number of hydrogen-bond donors (Lipinski definition) is 1. The molecule has 6 heteroatoms. The van der Waals surface area contributed by atoms with Gasteiger partial charge >= 0.3 is 0 Å². The Morgan fingerprint density at radius 1 is 0.964 bits per heavy atom. The first-order valence-electron chi connectivity index (χ1n) is 8.60. The van der Waals surface area contributed by atoms with Crippen molar-refractivity contribution in [2.45, 2.75) is 6.04 Å². The van der Waals surface area contributed by atoms with E-state index in [1.165, 1.54) is 4.90 Å². The third-order valence-electron chi connectivity index (χ3n) is 4.60. The summed E-state index contributed by atoms with van der Waals surface area (Å²) in [6.45, 7) is 0. The normalized spacial score (nSPS) is 18.5. The number of aliphatic hydroxyl groups is 1. The Hall–Kier alpha value is -3.25. The van der Waals surface area contributed by atoms with Gasteiger partial charge in [0.15, 0.2) is 0 Å². The number of aliphatic hydroxyl groups excluding tert-OH is 1. The number of carbonyl (C=O) groups is 2. The summed E-state index contributed by atoms with van der Waals surface area (Å²) in [7, 11) is 0. The standard InChI is InChI=1S/C22H15BrN2O3/c23-16-10-8-14(9-11-16)20(26)18-19(15-5-4-12-24-13-15)25(22(28)21(18)27)17-6-2-1-3-7-17/h1-13,19,26H/b20-18-. The number of pyridine rings is 1. The van der Waals surface area contributed by atoms with Gasteiger partial charge in [-0.3, -0.25) is 19.5 Å². The van der Waals surface area contributed by atoms with E-state index in [0.717, 1.165) is 4.47 Å². The lowest BCUT2D eigenvalue weighted by Crippen LogP contribution is -2.29. The van der Waals surface area contributed by atoms with Gasteiger partial charge in [-0.25, -0.2) is 0 Å². The quantitative estimate of drug-likeness (QED) is 0.375. The van der Waals surface area contributed by atoms with E-state index in [-0.39, 0.29) is 11.3 Å². The molecule has 0 aliphatic carbocycles. The van der Waals surface area contributed by atoms with Crippen molar-refractivity contribution >= 4 is 39.1 Å². The summed E-state index contributed by atoms with van der Waals surface area (Å²) in [5.41, 5.74) is 1.73. The highest BCUT2D eigenvalue weighted by molar-refractivity contribution is 9.10. The second-order valence-corrected chi connectivity index (χ2v) is 7.21. The fourth-order valence-electron chi connectivity index (χ4n) is 3.30. The van der Waals surface area contributed by atoms with Crippen molar-refractivity contribution in [2.75, 3.05) is 4.90 Å². The molecule has 0 radical (unpaired) electrons. The van der Waals surface area contributed by atoms with E-state index in [1.807, 2.05) is 6.07 Å². The molecule has 1 N–H and O–H groups in total. The van der Waals surface area contributed by atoms with Gasteiger partial charge in [0.1, 0.15) is 5.76 Å². The molecule has 138 valence electrons. The van der Waals surface area contributed by atoms with Gasteiger partial charge < -0.3 is 5.11 Å². The Bertz CT molecular complexity index is 1060. The number of anilines is 1. The van der Waals surface area contributed by atoms with E-state index in [1.54, 1.807) is 73.1 Å². The first-order chi connectivity index (χ1) is 13.6. The minimum Gasteiger partial charge on any atom is -0.507 e. The number of benzene rings is 2.